The molecule has 4 nitrogen and oxygen atoms in total. The van der Waals surface area contributed by atoms with Crippen LogP contribution in [0.3, 0.4) is 0 Å². The number of benzene rings is 1. The van der Waals surface area contributed by atoms with Gasteiger partial charge in [-0.15, -0.1) is 47.1 Å². The van der Waals surface area contributed by atoms with Crippen LogP contribution in [0.5, 0.6) is 0 Å². The van der Waals surface area contributed by atoms with Crippen molar-refractivity contribution < 1.29 is 0 Å². The van der Waals surface area contributed by atoms with Crippen molar-refractivity contribution in [2.24, 2.45) is 4.99 Å². The van der Waals surface area contributed by atoms with Gasteiger partial charge in [-0.2, -0.15) is 0 Å². The number of aromatic nitrogens is 1. The van der Waals surface area contributed by atoms with Gasteiger partial charge < -0.3 is 10.6 Å². The smallest absolute Gasteiger partial charge is 0.191 e. The molecule has 2 N–H and O–H groups in total. The summed E-state index contributed by atoms with van der Waals surface area (Å²) in [4.78, 5) is 11.2. The summed E-state index contributed by atoms with van der Waals surface area (Å²) in [5, 5.41) is 7.84. The van der Waals surface area contributed by atoms with Gasteiger partial charge in [0.2, 0.25) is 0 Å². The van der Waals surface area contributed by atoms with Crippen LogP contribution in [0.15, 0.2) is 40.4 Å². The minimum atomic E-state index is 0. The Kier molecular flexibility index (Phi) is 10.4. The molecule has 2 aromatic rings. The Morgan fingerprint density at radius 1 is 1.17 bits per heavy atom. The standard InChI is InChI=1S/C17H24N4S2.HI/c1-13-4-6-15(7-5-13)22-11-10-20-17(18-3)19-9-8-16-21-12-14(2)23-16;/h4-7,12H,8-11H2,1-3H3,(H2,18,19,20);1H. The van der Waals surface area contributed by atoms with E-state index in [4.69, 9.17) is 0 Å². The van der Waals surface area contributed by atoms with Crippen LogP contribution in [0.4, 0.5) is 0 Å². The number of thiazole rings is 1. The molecule has 0 aliphatic carbocycles. The quantitative estimate of drug-likeness (QED) is 0.209. The van der Waals surface area contributed by atoms with E-state index in [2.05, 4.69) is 58.7 Å². The number of thioether (sulfide) groups is 1. The zero-order chi connectivity index (χ0) is 16.5. The zero-order valence-corrected chi connectivity index (χ0v) is 18.3. The van der Waals surface area contributed by atoms with E-state index in [-0.39, 0.29) is 24.0 Å². The van der Waals surface area contributed by atoms with Gasteiger partial charge in [0.15, 0.2) is 5.96 Å². The molecule has 0 saturated carbocycles. The topological polar surface area (TPSA) is 49.3 Å². The third-order valence-electron chi connectivity index (χ3n) is 3.21. The molecular formula is C17H25IN4S2. The van der Waals surface area contributed by atoms with Crippen LogP contribution in [-0.2, 0) is 6.42 Å². The summed E-state index contributed by atoms with van der Waals surface area (Å²) in [5.74, 6) is 1.86. The normalized spacial score (nSPS) is 11.0. The second-order valence-corrected chi connectivity index (χ2v) is 7.69. The minimum Gasteiger partial charge on any atom is -0.356 e. The molecular weight excluding hydrogens is 451 g/mol. The van der Waals surface area contributed by atoms with Crippen LogP contribution in [-0.4, -0.2) is 36.8 Å². The summed E-state index contributed by atoms with van der Waals surface area (Å²) in [6.07, 6.45) is 2.85. The van der Waals surface area contributed by atoms with Crippen molar-refractivity contribution in [3.8, 4) is 0 Å². The van der Waals surface area contributed by atoms with Crippen LogP contribution in [0.2, 0.25) is 0 Å². The van der Waals surface area contributed by atoms with Gasteiger partial charge in [0.05, 0.1) is 5.01 Å². The summed E-state index contributed by atoms with van der Waals surface area (Å²) in [7, 11) is 1.80. The fraction of sp³-hybridized carbons (Fsp3) is 0.412. The molecule has 0 atom stereocenters. The van der Waals surface area contributed by atoms with Crippen molar-refractivity contribution >= 4 is 53.0 Å². The van der Waals surface area contributed by atoms with E-state index in [1.807, 2.05) is 18.0 Å². The second kappa shape index (κ2) is 11.7. The van der Waals surface area contributed by atoms with Gasteiger partial charge >= 0.3 is 0 Å². The van der Waals surface area contributed by atoms with Crippen molar-refractivity contribution in [1.82, 2.24) is 15.6 Å². The average Bonchev–Trinajstić information content (AvgIpc) is 2.97. The van der Waals surface area contributed by atoms with Gasteiger partial charge in [0.1, 0.15) is 0 Å². The molecule has 7 heteroatoms. The molecule has 0 fully saturated rings. The predicted molar refractivity (Wildman–Crippen MR) is 117 cm³/mol. The third-order valence-corrected chi connectivity index (χ3v) is 5.19. The van der Waals surface area contributed by atoms with E-state index in [1.165, 1.54) is 20.3 Å². The number of hydrogen-bond donors (Lipinski definition) is 2. The fourth-order valence-corrected chi connectivity index (χ4v) is 3.55. The second-order valence-electron chi connectivity index (χ2n) is 5.20. The Morgan fingerprint density at radius 2 is 1.88 bits per heavy atom. The van der Waals surface area contributed by atoms with Crippen LogP contribution < -0.4 is 10.6 Å². The Labute approximate surface area is 170 Å². The van der Waals surface area contributed by atoms with Crippen LogP contribution in [0.25, 0.3) is 0 Å². The molecule has 0 aliphatic heterocycles. The SMILES string of the molecule is CN=C(NCCSc1ccc(C)cc1)NCCc1ncc(C)s1.I. The summed E-state index contributed by atoms with van der Waals surface area (Å²) in [6.45, 7) is 5.92. The molecule has 1 aromatic carbocycles. The summed E-state index contributed by atoms with van der Waals surface area (Å²) in [5.41, 5.74) is 1.30. The lowest BCUT2D eigenvalue weighted by Gasteiger charge is -2.11. The van der Waals surface area contributed by atoms with Crippen molar-refractivity contribution in [1.29, 1.82) is 0 Å². The first kappa shape index (κ1) is 21.2. The number of aryl methyl sites for hydroxylation is 2. The number of aliphatic imine (C=N–C) groups is 1. The Morgan fingerprint density at radius 3 is 2.50 bits per heavy atom. The van der Waals surface area contributed by atoms with E-state index < -0.39 is 0 Å². The summed E-state index contributed by atoms with van der Waals surface area (Å²) in [6, 6.07) is 8.64. The molecule has 132 valence electrons. The number of rotatable bonds is 7. The number of hydrogen-bond acceptors (Lipinski definition) is 4. The molecule has 2 rings (SSSR count). The maximum absolute atomic E-state index is 4.37. The van der Waals surface area contributed by atoms with Crippen LogP contribution in [0, 0.1) is 13.8 Å². The predicted octanol–water partition coefficient (Wildman–Crippen LogP) is 3.88. The van der Waals surface area contributed by atoms with Gasteiger partial charge in [-0.05, 0) is 26.0 Å². The third kappa shape index (κ3) is 7.85. The highest BCUT2D eigenvalue weighted by Crippen LogP contribution is 2.17. The lowest BCUT2D eigenvalue weighted by molar-refractivity contribution is 0.808. The van der Waals surface area contributed by atoms with E-state index in [9.17, 15) is 0 Å². The highest BCUT2D eigenvalue weighted by molar-refractivity contribution is 14.0. The molecule has 0 spiro atoms. The lowest BCUT2D eigenvalue weighted by Crippen LogP contribution is -2.39. The molecule has 1 aromatic heterocycles. The van der Waals surface area contributed by atoms with E-state index in [0.29, 0.717) is 0 Å². The monoisotopic (exact) mass is 476 g/mol. The Bertz CT molecular complexity index is 626. The highest BCUT2D eigenvalue weighted by atomic mass is 127. The molecule has 0 saturated heterocycles. The fourth-order valence-electron chi connectivity index (χ4n) is 2.00. The number of nitrogens with one attached hydrogen (secondary N) is 2. The van der Waals surface area contributed by atoms with E-state index in [1.54, 1.807) is 18.4 Å². The van der Waals surface area contributed by atoms with Gasteiger partial charge in [-0.3, -0.25) is 4.99 Å². The molecule has 1 heterocycles. The minimum absolute atomic E-state index is 0. The molecule has 0 amide bonds. The van der Waals surface area contributed by atoms with Crippen molar-refractivity contribution in [2.45, 2.75) is 25.2 Å². The van der Waals surface area contributed by atoms with Crippen molar-refractivity contribution in [3.05, 3.63) is 45.9 Å². The molecule has 0 unspecified atom stereocenters. The first-order chi connectivity index (χ1) is 11.2. The largest absolute Gasteiger partial charge is 0.356 e. The van der Waals surface area contributed by atoms with Crippen LogP contribution in [0.1, 0.15) is 15.4 Å². The number of halogens is 1. The molecule has 0 bridgehead atoms. The van der Waals surface area contributed by atoms with Gasteiger partial charge in [-0.1, -0.05) is 17.7 Å². The van der Waals surface area contributed by atoms with Gasteiger partial charge in [0.25, 0.3) is 0 Å². The van der Waals surface area contributed by atoms with Crippen molar-refractivity contribution in [2.75, 3.05) is 25.9 Å². The van der Waals surface area contributed by atoms with Crippen LogP contribution >= 0.6 is 47.1 Å². The van der Waals surface area contributed by atoms with Crippen molar-refractivity contribution in [3.63, 3.8) is 0 Å². The summed E-state index contributed by atoms with van der Waals surface area (Å²) >= 11 is 3.60. The Balaban J connectivity index is 0.00000288. The molecule has 24 heavy (non-hydrogen) atoms. The first-order valence-electron chi connectivity index (χ1n) is 7.72. The first-order valence-corrected chi connectivity index (χ1v) is 9.53. The van der Waals surface area contributed by atoms with E-state index in [0.717, 1.165) is 31.2 Å². The van der Waals surface area contributed by atoms with Gasteiger partial charge in [0, 0.05) is 48.3 Å². The van der Waals surface area contributed by atoms with E-state index >= 15 is 0 Å². The maximum atomic E-state index is 4.37. The number of guanidine groups is 1. The maximum Gasteiger partial charge on any atom is 0.191 e. The highest BCUT2D eigenvalue weighted by Gasteiger charge is 2.01. The Hall–Kier alpha value is -0.800. The molecule has 0 aliphatic rings. The van der Waals surface area contributed by atoms with Gasteiger partial charge in [-0.25, -0.2) is 4.98 Å². The molecule has 0 radical (unpaired) electrons. The summed E-state index contributed by atoms with van der Waals surface area (Å²) < 4.78 is 0. The number of nitrogens with zero attached hydrogens (tertiary/aromatic N) is 2. The zero-order valence-electron chi connectivity index (χ0n) is 14.3. The lowest BCUT2D eigenvalue weighted by atomic mass is 10.2. The average molecular weight is 476 g/mol.